The van der Waals surface area contributed by atoms with Crippen LogP contribution in [0.25, 0.3) is 0 Å². The molecule has 0 saturated heterocycles. The van der Waals surface area contributed by atoms with Gasteiger partial charge in [-0.1, -0.05) is 96.8 Å². The van der Waals surface area contributed by atoms with Gasteiger partial charge in [-0.2, -0.15) is 0 Å². The molecule has 1 N–H and O–H groups in total. The summed E-state index contributed by atoms with van der Waals surface area (Å²) in [6.45, 7) is 2.27. The van der Waals surface area contributed by atoms with E-state index in [0.29, 0.717) is 6.42 Å². The molecule has 22 heavy (non-hydrogen) atoms. The van der Waals surface area contributed by atoms with Gasteiger partial charge in [0.25, 0.3) is 0 Å². The molecule has 0 aliphatic heterocycles. The van der Waals surface area contributed by atoms with Gasteiger partial charge in [0.05, 0.1) is 0 Å². The Bertz CT molecular complexity index is 213. The molecule has 0 fully saturated rings. The maximum atomic E-state index is 10.3. The summed E-state index contributed by atoms with van der Waals surface area (Å²) in [5, 5.41) is 8.52. The number of carboxylic acids is 1. The normalized spacial score (nSPS) is 9.86. The van der Waals surface area contributed by atoms with E-state index in [0.717, 1.165) is 12.8 Å². The summed E-state index contributed by atoms with van der Waals surface area (Å²) in [4.78, 5) is 10.3. The van der Waals surface area contributed by atoms with E-state index in [2.05, 4.69) is 6.92 Å². The molecule has 0 unspecified atom stereocenters. The van der Waals surface area contributed by atoms with Gasteiger partial charge in [-0.25, -0.2) is 0 Å². The van der Waals surface area contributed by atoms with E-state index in [4.69, 9.17) is 5.11 Å². The van der Waals surface area contributed by atoms with E-state index in [9.17, 15) is 4.79 Å². The third-order valence-electron chi connectivity index (χ3n) is 3.99. The van der Waals surface area contributed by atoms with Crippen LogP contribution >= 0.6 is 0 Å². The van der Waals surface area contributed by atoms with Gasteiger partial charge in [-0.05, 0) is 6.42 Å². The summed E-state index contributed by atoms with van der Waals surface area (Å²) >= 11 is 0. The fraction of sp³-hybridized carbons (Fsp3) is 0.944. The summed E-state index contributed by atoms with van der Waals surface area (Å²) in [6.07, 6.45) is 20.2. The first-order chi connectivity index (χ1) is 9.77. The molecule has 0 rings (SSSR count). The van der Waals surface area contributed by atoms with E-state index >= 15 is 0 Å². The molecule has 2 radical (unpaired) electrons. The molecule has 0 heterocycles. The molecule has 0 aliphatic rings. The van der Waals surface area contributed by atoms with E-state index < -0.39 is 5.97 Å². The predicted octanol–water partition coefficient (Wildman–Crippen LogP) is 5.95. The Hall–Kier alpha value is 1.35. The Labute approximate surface area is 181 Å². The van der Waals surface area contributed by atoms with Crippen LogP contribution in [0.15, 0.2) is 0 Å². The minimum Gasteiger partial charge on any atom is -0.481 e. The van der Waals surface area contributed by atoms with Crippen LogP contribution in [0.4, 0.5) is 0 Å². The van der Waals surface area contributed by atoms with Gasteiger partial charge >= 0.3 is 5.97 Å². The second kappa shape index (κ2) is 24.6. The SMILES string of the molecule is CCCCCCCCCCCCCCCCCC(=O)O.[Ca].[Zn]. The molecule has 0 spiro atoms. The number of carbonyl (C=O) groups is 1. The van der Waals surface area contributed by atoms with Gasteiger partial charge in [-0.15, -0.1) is 0 Å². The monoisotopic (exact) mass is 388 g/mol. The van der Waals surface area contributed by atoms with Crippen molar-refractivity contribution in [3.05, 3.63) is 0 Å². The quantitative estimate of drug-likeness (QED) is 0.261. The van der Waals surface area contributed by atoms with Gasteiger partial charge in [-0.3, -0.25) is 4.79 Å². The largest absolute Gasteiger partial charge is 0.481 e. The van der Waals surface area contributed by atoms with Crippen LogP contribution in [0.5, 0.6) is 0 Å². The smallest absolute Gasteiger partial charge is 0.303 e. The van der Waals surface area contributed by atoms with Gasteiger partial charge in [0.1, 0.15) is 0 Å². The number of aliphatic carboxylic acids is 1. The molecule has 2 nitrogen and oxygen atoms in total. The van der Waals surface area contributed by atoms with E-state index in [1.165, 1.54) is 83.5 Å². The molecule has 0 aromatic rings. The fourth-order valence-corrected chi connectivity index (χ4v) is 2.65. The van der Waals surface area contributed by atoms with Crippen molar-refractivity contribution in [2.24, 2.45) is 0 Å². The summed E-state index contributed by atoms with van der Waals surface area (Å²) in [7, 11) is 0. The summed E-state index contributed by atoms with van der Waals surface area (Å²) in [6, 6.07) is 0. The Morgan fingerprint density at radius 1 is 0.636 bits per heavy atom. The van der Waals surface area contributed by atoms with Crippen molar-refractivity contribution < 1.29 is 29.4 Å². The van der Waals surface area contributed by atoms with Crippen LogP contribution in [-0.4, -0.2) is 48.8 Å². The van der Waals surface area contributed by atoms with Crippen molar-refractivity contribution in [1.82, 2.24) is 0 Å². The minimum absolute atomic E-state index is 0. The van der Waals surface area contributed by atoms with Crippen LogP contribution in [0.1, 0.15) is 110 Å². The second-order valence-corrected chi connectivity index (χ2v) is 6.09. The minimum atomic E-state index is -0.653. The van der Waals surface area contributed by atoms with Crippen LogP contribution in [-0.2, 0) is 24.3 Å². The maximum Gasteiger partial charge on any atom is 0.303 e. The van der Waals surface area contributed by atoms with Crippen molar-refractivity contribution in [3.63, 3.8) is 0 Å². The molecule has 124 valence electrons. The molecule has 0 bridgehead atoms. The summed E-state index contributed by atoms with van der Waals surface area (Å²) < 4.78 is 0. The predicted molar refractivity (Wildman–Crippen MR) is 92.9 cm³/mol. The van der Waals surface area contributed by atoms with Crippen LogP contribution < -0.4 is 0 Å². The van der Waals surface area contributed by atoms with Crippen molar-refractivity contribution in [1.29, 1.82) is 0 Å². The van der Waals surface area contributed by atoms with Gasteiger partial charge in [0.15, 0.2) is 0 Å². The van der Waals surface area contributed by atoms with Gasteiger partial charge in [0, 0.05) is 63.6 Å². The maximum absolute atomic E-state index is 10.3. The molecular formula is C18H36CaO2Zn. The van der Waals surface area contributed by atoms with E-state index in [1.807, 2.05) is 0 Å². The van der Waals surface area contributed by atoms with Crippen LogP contribution in [0.3, 0.4) is 0 Å². The first-order valence-corrected chi connectivity index (χ1v) is 8.99. The molecule has 0 aromatic carbocycles. The second-order valence-electron chi connectivity index (χ2n) is 6.09. The third-order valence-corrected chi connectivity index (χ3v) is 3.99. The van der Waals surface area contributed by atoms with Gasteiger partial charge < -0.3 is 5.11 Å². The molecule has 0 atom stereocenters. The zero-order valence-electron chi connectivity index (χ0n) is 15.1. The first-order valence-electron chi connectivity index (χ1n) is 8.99. The molecule has 0 aromatic heterocycles. The van der Waals surface area contributed by atoms with E-state index in [1.54, 1.807) is 0 Å². The average Bonchev–Trinajstić information content (AvgIpc) is 2.43. The first kappa shape index (κ1) is 28.2. The number of hydrogen-bond donors (Lipinski definition) is 1. The number of hydrogen-bond acceptors (Lipinski definition) is 1. The summed E-state index contributed by atoms with van der Waals surface area (Å²) in [5.41, 5.74) is 0. The summed E-state index contributed by atoms with van der Waals surface area (Å²) in [5.74, 6) is -0.653. The molecular weight excluding hydrogens is 354 g/mol. The average molecular weight is 390 g/mol. The third kappa shape index (κ3) is 26.3. The fourth-order valence-electron chi connectivity index (χ4n) is 2.65. The Balaban J connectivity index is -0.00000180. The molecule has 0 amide bonds. The van der Waals surface area contributed by atoms with Gasteiger partial charge in [0.2, 0.25) is 0 Å². The number of rotatable bonds is 16. The number of unbranched alkanes of at least 4 members (excludes halogenated alkanes) is 14. The zero-order valence-corrected chi connectivity index (χ0v) is 20.3. The standard InChI is InChI=1S/C18H36O2.Ca.Zn/c1-2-3-4-5-6-7-8-9-10-11-12-13-14-15-16-17-18(19)20;;/h2-17H2,1H3,(H,19,20);;. The topological polar surface area (TPSA) is 37.3 Å². The number of carboxylic acid groups (broad SMARTS) is 1. The molecule has 4 heteroatoms. The molecule has 0 aliphatic carbocycles. The van der Waals surface area contributed by atoms with Crippen molar-refractivity contribution >= 4 is 43.7 Å². The van der Waals surface area contributed by atoms with Crippen LogP contribution in [0, 0.1) is 0 Å². The zero-order chi connectivity index (χ0) is 14.9. The molecule has 0 saturated carbocycles. The Morgan fingerprint density at radius 2 is 0.909 bits per heavy atom. The van der Waals surface area contributed by atoms with Crippen molar-refractivity contribution in [3.8, 4) is 0 Å². The van der Waals surface area contributed by atoms with Crippen LogP contribution in [0.2, 0.25) is 0 Å². The Kier molecular flexibility index (Phi) is 31.5. The van der Waals surface area contributed by atoms with E-state index in [-0.39, 0.29) is 57.2 Å². The van der Waals surface area contributed by atoms with Crippen molar-refractivity contribution in [2.75, 3.05) is 0 Å². The Morgan fingerprint density at radius 3 is 1.18 bits per heavy atom. The van der Waals surface area contributed by atoms with Crippen molar-refractivity contribution in [2.45, 2.75) is 110 Å².